The van der Waals surface area contributed by atoms with Crippen molar-refractivity contribution in [3.05, 3.63) is 70.0 Å². The maximum atomic E-state index is 12.8. The zero-order valence-corrected chi connectivity index (χ0v) is 19.9. The quantitative estimate of drug-likeness (QED) is 0.358. The Balaban J connectivity index is 1.41. The molecule has 2 aromatic carbocycles. The molecule has 4 rings (SSSR count). The minimum absolute atomic E-state index is 0.114. The van der Waals surface area contributed by atoms with Gasteiger partial charge in [0.05, 0.1) is 15.7 Å². The van der Waals surface area contributed by atoms with Crippen LogP contribution < -0.4 is 11.1 Å². The van der Waals surface area contributed by atoms with Crippen LogP contribution in [0.2, 0.25) is 0 Å². The Kier molecular flexibility index (Phi) is 7.42. The highest BCUT2D eigenvalue weighted by molar-refractivity contribution is 7.99. The number of benzene rings is 2. The van der Waals surface area contributed by atoms with Crippen LogP contribution in [0.1, 0.15) is 28.8 Å². The Bertz CT molecular complexity index is 1240. The normalized spacial score (nSPS) is 16.1. The first-order valence-corrected chi connectivity index (χ1v) is 11.8. The molecule has 0 radical (unpaired) electrons. The van der Waals surface area contributed by atoms with Gasteiger partial charge in [-0.1, -0.05) is 12.1 Å². The fraction of sp³-hybridized carbons (Fsp3) is 0.304. The van der Waals surface area contributed by atoms with Gasteiger partial charge in [0.1, 0.15) is 6.33 Å². The number of hydrogen-bond donors (Lipinski definition) is 2. The monoisotopic (exact) mass is 495 g/mol. The number of likely N-dealkylation sites (tertiary alicyclic amines) is 1. The number of amides is 2. The van der Waals surface area contributed by atoms with Crippen LogP contribution in [0, 0.1) is 16.0 Å². The van der Waals surface area contributed by atoms with E-state index in [9.17, 15) is 19.7 Å². The molecule has 2 heterocycles. The molecule has 3 N–H and O–H groups in total. The highest BCUT2D eigenvalue weighted by Gasteiger charge is 2.24. The number of anilines is 1. The second kappa shape index (κ2) is 10.7. The maximum Gasteiger partial charge on any atom is 0.284 e. The molecule has 2 amide bonds. The van der Waals surface area contributed by atoms with Crippen molar-refractivity contribution in [3.63, 3.8) is 0 Å². The summed E-state index contributed by atoms with van der Waals surface area (Å²) in [6.45, 7) is 2.25. The highest BCUT2D eigenvalue weighted by atomic mass is 32.2. The molecule has 0 saturated carbocycles. The molecule has 3 aromatic rings. The van der Waals surface area contributed by atoms with E-state index in [1.807, 2.05) is 12.1 Å². The van der Waals surface area contributed by atoms with Gasteiger partial charge in [0.15, 0.2) is 5.16 Å². The number of primary amides is 1. The number of nitrogens with two attached hydrogens (primary N) is 1. The van der Waals surface area contributed by atoms with Crippen LogP contribution in [-0.2, 0) is 18.4 Å². The number of carbonyl (C=O) groups is 2. The van der Waals surface area contributed by atoms with Crippen LogP contribution in [0.4, 0.5) is 11.4 Å². The molecule has 0 spiro atoms. The highest BCUT2D eigenvalue weighted by Crippen LogP contribution is 2.34. The van der Waals surface area contributed by atoms with E-state index in [-0.39, 0.29) is 23.1 Å². The first-order chi connectivity index (χ1) is 16.8. The number of piperidine rings is 1. The predicted molar refractivity (Wildman–Crippen MR) is 130 cm³/mol. The molecule has 0 aliphatic carbocycles. The maximum absolute atomic E-state index is 12.8. The number of nitrogens with one attached hydrogen (secondary N) is 1. The van der Waals surface area contributed by atoms with E-state index >= 15 is 0 Å². The summed E-state index contributed by atoms with van der Waals surface area (Å²) < 4.78 is 1.65. The number of rotatable bonds is 8. The summed E-state index contributed by atoms with van der Waals surface area (Å²) in [5.74, 6) is -0.818. The first kappa shape index (κ1) is 24.4. The molecule has 11 nitrogen and oxygen atoms in total. The third-order valence-corrected chi connectivity index (χ3v) is 6.93. The molecule has 182 valence electrons. The second-order valence-corrected chi connectivity index (χ2v) is 9.40. The summed E-state index contributed by atoms with van der Waals surface area (Å²) in [5, 5.41) is 22.6. The molecule has 0 bridgehead atoms. The van der Waals surface area contributed by atoms with Crippen molar-refractivity contribution in [3.8, 4) is 0 Å². The van der Waals surface area contributed by atoms with E-state index in [1.54, 1.807) is 29.8 Å². The zero-order valence-electron chi connectivity index (χ0n) is 19.1. The van der Waals surface area contributed by atoms with Gasteiger partial charge in [0.25, 0.3) is 11.6 Å². The minimum Gasteiger partial charge on any atom is -0.369 e. The third kappa shape index (κ3) is 6.03. The lowest BCUT2D eigenvalue weighted by molar-refractivity contribution is -0.387. The van der Waals surface area contributed by atoms with Crippen molar-refractivity contribution in [1.29, 1.82) is 0 Å². The van der Waals surface area contributed by atoms with Gasteiger partial charge < -0.3 is 15.6 Å². The summed E-state index contributed by atoms with van der Waals surface area (Å²) in [7, 11) is 1.74. The van der Waals surface area contributed by atoms with Crippen molar-refractivity contribution in [2.75, 3.05) is 18.4 Å². The molecular weight excluding hydrogens is 470 g/mol. The van der Waals surface area contributed by atoms with Gasteiger partial charge in [0, 0.05) is 37.5 Å². The fourth-order valence-electron chi connectivity index (χ4n) is 3.94. The SMILES string of the molecule is Cn1cnnc1Sc1ccc(C(=O)Nc2ccc(CN3CCCC(C(N)=O)C3)cc2)cc1[N+](=O)[O-]. The Labute approximate surface area is 205 Å². The molecule has 1 aliphatic rings. The van der Waals surface area contributed by atoms with Gasteiger partial charge in [-0.25, -0.2) is 0 Å². The predicted octanol–water partition coefficient (Wildman–Crippen LogP) is 2.82. The van der Waals surface area contributed by atoms with Crippen LogP contribution in [0.15, 0.2) is 58.8 Å². The van der Waals surface area contributed by atoms with Crippen molar-refractivity contribution in [2.24, 2.45) is 18.7 Å². The van der Waals surface area contributed by atoms with E-state index in [0.717, 1.165) is 36.7 Å². The topological polar surface area (TPSA) is 149 Å². The van der Waals surface area contributed by atoms with E-state index in [2.05, 4.69) is 20.4 Å². The van der Waals surface area contributed by atoms with Gasteiger partial charge >= 0.3 is 0 Å². The Morgan fingerprint density at radius 2 is 2.03 bits per heavy atom. The summed E-state index contributed by atoms with van der Waals surface area (Å²) >= 11 is 1.10. The van der Waals surface area contributed by atoms with E-state index in [0.29, 0.717) is 28.8 Å². The van der Waals surface area contributed by atoms with Crippen LogP contribution in [-0.4, -0.2) is 49.5 Å². The number of carbonyl (C=O) groups excluding carboxylic acids is 2. The largest absolute Gasteiger partial charge is 0.369 e. The molecule has 1 aliphatic heterocycles. The average Bonchev–Trinajstić information content (AvgIpc) is 3.24. The molecular formula is C23H25N7O4S. The average molecular weight is 496 g/mol. The van der Waals surface area contributed by atoms with Crippen molar-refractivity contribution in [2.45, 2.75) is 29.4 Å². The lowest BCUT2D eigenvalue weighted by Crippen LogP contribution is -2.40. The van der Waals surface area contributed by atoms with Gasteiger partial charge in [0.2, 0.25) is 5.91 Å². The van der Waals surface area contributed by atoms with E-state index in [4.69, 9.17) is 5.73 Å². The zero-order chi connectivity index (χ0) is 24.9. The van der Waals surface area contributed by atoms with Crippen LogP contribution in [0.3, 0.4) is 0 Å². The number of nitrogens with zero attached hydrogens (tertiary/aromatic N) is 5. The Morgan fingerprint density at radius 1 is 1.26 bits per heavy atom. The number of nitro benzene ring substituents is 1. The summed E-state index contributed by atoms with van der Waals surface area (Å²) in [6.07, 6.45) is 3.27. The van der Waals surface area contributed by atoms with Gasteiger partial charge in [-0.2, -0.15) is 0 Å². The lowest BCUT2D eigenvalue weighted by Gasteiger charge is -2.31. The number of aromatic nitrogens is 3. The summed E-state index contributed by atoms with van der Waals surface area (Å²) in [5.41, 5.74) is 7.07. The number of nitro groups is 1. The lowest BCUT2D eigenvalue weighted by atomic mass is 9.97. The van der Waals surface area contributed by atoms with Crippen LogP contribution in [0.25, 0.3) is 0 Å². The van der Waals surface area contributed by atoms with Gasteiger partial charge in [-0.15, -0.1) is 10.2 Å². The number of aryl methyl sites for hydroxylation is 1. The van der Waals surface area contributed by atoms with Crippen LogP contribution in [0.5, 0.6) is 0 Å². The summed E-state index contributed by atoms with van der Waals surface area (Å²) in [6, 6.07) is 11.7. The standard InChI is InChI=1S/C23H25N7O4S/c1-28-14-25-27-23(28)35-20-9-6-16(11-19(20)30(33)34)22(32)26-18-7-4-15(5-8-18)12-29-10-2-3-17(13-29)21(24)31/h4-9,11,14,17H,2-3,10,12-13H2,1H3,(H2,24,31)(H,26,32). The Morgan fingerprint density at radius 3 is 2.69 bits per heavy atom. The smallest absolute Gasteiger partial charge is 0.284 e. The molecule has 1 unspecified atom stereocenters. The van der Waals surface area contributed by atoms with Gasteiger partial charge in [-0.05, 0) is 61.0 Å². The third-order valence-electron chi connectivity index (χ3n) is 5.81. The Hall–Kier alpha value is -3.77. The van der Waals surface area contributed by atoms with Crippen molar-refractivity contribution >= 4 is 35.0 Å². The molecule has 1 saturated heterocycles. The molecule has 1 fully saturated rings. The molecule has 35 heavy (non-hydrogen) atoms. The number of hydrogen-bond acceptors (Lipinski definition) is 8. The van der Waals surface area contributed by atoms with Gasteiger partial charge in [-0.3, -0.25) is 24.6 Å². The molecule has 12 heteroatoms. The van der Waals surface area contributed by atoms with Crippen LogP contribution >= 0.6 is 11.8 Å². The van der Waals surface area contributed by atoms with Crippen molar-refractivity contribution in [1.82, 2.24) is 19.7 Å². The van der Waals surface area contributed by atoms with Crippen molar-refractivity contribution < 1.29 is 14.5 Å². The second-order valence-electron chi connectivity index (χ2n) is 8.39. The minimum atomic E-state index is -0.520. The molecule has 1 aromatic heterocycles. The fourth-order valence-corrected chi connectivity index (χ4v) is 4.79. The van der Waals surface area contributed by atoms with E-state index in [1.165, 1.54) is 18.5 Å². The summed E-state index contributed by atoms with van der Waals surface area (Å²) in [4.78, 5) is 37.9. The first-order valence-electron chi connectivity index (χ1n) is 11.0. The molecule has 1 atom stereocenters. The van der Waals surface area contributed by atoms with E-state index < -0.39 is 10.8 Å².